The van der Waals surface area contributed by atoms with Crippen LogP contribution in [-0.2, 0) is 4.79 Å². The summed E-state index contributed by atoms with van der Waals surface area (Å²) >= 11 is 0. The average Bonchev–Trinajstić information content (AvgIpc) is 2.35. The molecule has 0 aliphatic heterocycles. The summed E-state index contributed by atoms with van der Waals surface area (Å²) in [5.41, 5.74) is -0.408. The van der Waals surface area contributed by atoms with Crippen LogP contribution in [0.4, 0.5) is 9.18 Å². The van der Waals surface area contributed by atoms with Gasteiger partial charge in [-0.3, -0.25) is 10.1 Å². The number of ether oxygens (including phenoxy) is 1. The van der Waals surface area contributed by atoms with Gasteiger partial charge in [-0.15, -0.1) is 0 Å². The quantitative estimate of drug-likeness (QED) is 0.756. The molecule has 0 saturated carbocycles. The molecule has 7 nitrogen and oxygen atoms in total. The molecule has 3 amide bonds. The molecule has 3 N–H and O–H groups in total. The second kappa shape index (κ2) is 7.22. The molecule has 0 atom stereocenters. The molecule has 0 heterocycles. The topological polar surface area (TPSA) is 105 Å². The smallest absolute Gasteiger partial charge is 0.339 e. The maximum atomic E-state index is 12.9. The van der Waals surface area contributed by atoms with Crippen molar-refractivity contribution in [2.24, 2.45) is 0 Å². The van der Waals surface area contributed by atoms with Crippen molar-refractivity contribution in [1.82, 2.24) is 10.6 Å². The zero-order valence-corrected chi connectivity index (χ0v) is 11.5. The molecule has 0 fully saturated rings. The molecule has 0 aromatic heterocycles. The molecule has 0 saturated heterocycles. The Bertz CT molecular complexity index is 559. The number of carbonyl (C=O) groups is 3. The lowest BCUT2D eigenvalue weighted by atomic mass is 10.2. The first-order valence-corrected chi connectivity index (χ1v) is 6.05. The molecular weight excluding hydrogens is 283 g/mol. The number of urea groups is 1. The first-order chi connectivity index (χ1) is 9.79. The van der Waals surface area contributed by atoms with Crippen LogP contribution >= 0.6 is 0 Å². The highest BCUT2D eigenvalue weighted by atomic mass is 19.1. The number of carboxylic acids is 1. The number of nitrogens with one attached hydrogen (secondary N) is 2. The minimum absolute atomic E-state index is 0.144. The maximum absolute atomic E-state index is 12.9. The van der Waals surface area contributed by atoms with E-state index in [4.69, 9.17) is 9.84 Å². The molecule has 0 aliphatic carbocycles. The van der Waals surface area contributed by atoms with Gasteiger partial charge in [-0.25, -0.2) is 14.0 Å². The van der Waals surface area contributed by atoms with Crippen molar-refractivity contribution in [1.29, 1.82) is 0 Å². The SMILES string of the molecule is CC(C)NC(=O)NC(=O)COc1ccc(F)cc1C(=O)O. The molecule has 0 aliphatic rings. The van der Waals surface area contributed by atoms with E-state index in [-0.39, 0.29) is 11.8 Å². The van der Waals surface area contributed by atoms with Gasteiger partial charge in [0.1, 0.15) is 17.1 Å². The van der Waals surface area contributed by atoms with Crippen molar-refractivity contribution in [2.75, 3.05) is 6.61 Å². The molecule has 1 rings (SSSR count). The number of halogens is 1. The van der Waals surface area contributed by atoms with Crippen molar-refractivity contribution in [3.05, 3.63) is 29.6 Å². The largest absolute Gasteiger partial charge is 0.483 e. The lowest BCUT2D eigenvalue weighted by molar-refractivity contribution is -0.122. The Labute approximate surface area is 120 Å². The number of hydrogen-bond acceptors (Lipinski definition) is 4. The Kier molecular flexibility index (Phi) is 5.65. The fraction of sp³-hybridized carbons (Fsp3) is 0.308. The summed E-state index contributed by atoms with van der Waals surface area (Å²) in [6, 6.07) is 2.05. The van der Waals surface area contributed by atoms with Crippen molar-refractivity contribution in [3.8, 4) is 5.75 Å². The van der Waals surface area contributed by atoms with Crippen molar-refractivity contribution in [2.45, 2.75) is 19.9 Å². The van der Waals surface area contributed by atoms with E-state index < -0.39 is 35.9 Å². The Morgan fingerprint density at radius 2 is 2.00 bits per heavy atom. The van der Waals surface area contributed by atoms with Crippen LogP contribution in [0.1, 0.15) is 24.2 Å². The molecular formula is C13H15FN2O5. The summed E-state index contributed by atoms with van der Waals surface area (Å²) in [4.78, 5) is 33.6. The van der Waals surface area contributed by atoms with Gasteiger partial charge in [-0.1, -0.05) is 0 Å². The van der Waals surface area contributed by atoms with Gasteiger partial charge >= 0.3 is 12.0 Å². The van der Waals surface area contributed by atoms with Gasteiger partial charge < -0.3 is 15.2 Å². The fourth-order valence-corrected chi connectivity index (χ4v) is 1.40. The monoisotopic (exact) mass is 298 g/mol. The number of amides is 3. The summed E-state index contributed by atoms with van der Waals surface area (Å²) in [7, 11) is 0. The summed E-state index contributed by atoms with van der Waals surface area (Å²) in [5.74, 6) is -3.04. The van der Waals surface area contributed by atoms with E-state index in [9.17, 15) is 18.8 Å². The number of carboxylic acid groups (broad SMARTS) is 1. The van der Waals surface area contributed by atoms with Crippen LogP contribution in [0.3, 0.4) is 0 Å². The third-order valence-electron chi connectivity index (χ3n) is 2.20. The number of benzene rings is 1. The van der Waals surface area contributed by atoms with E-state index in [2.05, 4.69) is 5.32 Å². The van der Waals surface area contributed by atoms with Gasteiger partial charge in [0.05, 0.1) is 0 Å². The van der Waals surface area contributed by atoms with Gasteiger partial charge in [0.15, 0.2) is 6.61 Å². The van der Waals surface area contributed by atoms with Crippen molar-refractivity contribution >= 4 is 17.9 Å². The molecule has 1 aromatic carbocycles. The highest BCUT2D eigenvalue weighted by Gasteiger charge is 2.15. The Morgan fingerprint density at radius 3 is 2.57 bits per heavy atom. The molecule has 0 spiro atoms. The summed E-state index contributed by atoms with van der Waals surface area (Å²) in [6.07, 6.45) is 0. The Balaban J connectivity index is 2.61. The van der Waals surface area contributed by atoms with Gasteiger partial charge in [-0.05, 0) is 32.0 Å². The number of imide groups is 1. The van der Waals surface area contributed by atoms with Gasteiger partial charge in [-0.2, -0.15) is 0 Å². The molecule has 8 heteroatoms. The van der Waals surface area contributed by atoms with E-state index in [0.29, 0.717) is 0 Å². The van der Waals surface area contributed by atoms with E-state index in [0.717, 1.165) is 18.2 Å². The lowest BCUT2D eigenvalue weighted by Gasteiger charge is -2.11. The normalized spacial score (nSPS) is 10.1. The van der Waals surface area contributed by atoms with E-state index in [1.165, 1.54) is 0 Å². The van der Waals surface area contributed by atoms with Gasteiger partial charge in [0, 0.05) is 6.04 Å². The zero-order valence-electron chi connectivity index (χ0n) is 11.5. The van der Waals surface area contributed by atoms with Crippen LogP contribution in [0.15, 0.2) is 18.2 Å². The highest BCUT2D eigenvalue weighted by Crippen LogP contribution is 2.19. The molecule has 0 unspecified atom stereocenters. The minimum atomic E-state index is -1.39. The third kappa shape index (κ3) is 5.47. The standard InChI is InChI=1S/C13H15FN2O5/c1-7(2)15-13(20)16-11(17)6-21-10-4-3-8(14)5-9(10)12(18)19/h3-5,7H,6H2,1-2H3,(H,18,19)(H2,15,16,17,20). The van der Waals surface area contributed by atoms with Gasteiger partial charge in [0.25, 0.3) is 5.91 Å². The maximum Gasteiger partial charge on any atom is 0.339 e. The molecule has 0 radical (unpaired) electrons. The number of hydrogen-bond donors (Lipinski definition) is 3. The molecule has 114 valence electrons. The summed E-state index contributed by atoms with van der Waals surface area (Å²) in [6.45, 7) is 2.87. The summed E-state index contributed by atoms with van der Waals surface area (Å²) < 4.78 is 17.9. The van der Waals surface area contributed by atoms with Crippen LogP contribution in [0.25, 0.3) is 0 Å². The first kappa shape index (κ1) is 16.4. The summed E-state index contributed by atoms with van der Waals surface area (Å²) in [5, 5.41) is 13.3. The Hall–Kier alpha value is -2.64. The fourth-order valence-electron chi connectivity index (χ4n) is 1.40. The molecule has 21 heavy (non-hydrogen) atoms. The average molecular weight is 298 g/mol. The van der Waals surface area contributed by atoms with Crippen molar-refractivity contribution in [3.63, 3.8) is 0 Å². The van der Waals surface area contributed by atoms with E-state index >= 15 is 0 Å². The first-order valence-electron chi connectivity index (χ1n) is 6.05. The van der Waals surface area contributed by atoms with Crippen LogP contribution in [0.5, 0.6) is 5.75 Å². The predicted octanol–water partition coefficient (Wildman–Crippen LogP) is 1.14. The van der Waals surface area contributed by atoms with Crippen LogP contribution in [0, 0.1) is 5.82 Å². The van der Waals surface area contributed by atoms with Crippen molar-refractivity contribution < 1.29 is 28.6 Å². The van der Waals surface area contributed by atoms with E-state index in [1.54, 1.807) is 13.8 Å². The minimum Gasteiger partial charge on any atom is -0.483 e. The van der Waals surface area contributed by atoms with Gasteiger partial charge in [0.2, 0.25) is 0 Å². The van der Waals surface area contributed by atoms with E-state index in [1.807, 2.05) is 5.32 Å². The Morgan fingerprint density at radius 1 is 1.33 bits per heavy atom. The lowest BCUT2D eigenvalue weighted by Crippen LogP contribution is -2.44. The van der Waals surface area contributed by atoms with Crippen LogP contribution in [-0.4, -0.2) is 35.7 Å². The number of rotatable bonds is 5. The molecule has 1 aromatic rings. The number of aromatic carboxylic acids is 1. The molecule has 0 bridgehead atoms. The third-order valence-corrected chi connectivity index (χ3v) is 2.20. The number of carbonyl (C=O) groups excluding carboxylic acids is 2. The second-order valence-corrected chi connectivity index (χ2v) is 4.41. The second-order valence-electron chi connectivity index (χ2n) is 4.41. The van der Waals surface area contributed by atoms with Crippen LogP contribution in [0.2, 0.25) is 0 Å². The predicted molar refractivity (Wildman–Crippen MR) is 70.7 cm³/mol. The highest BCUT2D eigenvalue weighted by molar-refractivity contribution is 5.95. The zero-order chi connectivity index (χ0) is 16.0. The van der Waals surface area contributed by atoms with Crippen LogP contribution < -0.4 is 15.4 Å².